The summed E-state index contributed by atoms with van der Waals surface area (Å²) in [6.45, 7) is 1.66. The van der Waals surface area contributed by atoms with E-state index < -0.39 is 11.8 Å². The monoisotopic (exact) mass is 296 g/mol. The zero-order chi connectivity index (χ0) is 15.7. The van der Waals surface area contributed by atoms with E-state index in [9.17, 15) is 14.3 Å². The Hall–Kier alpha value is -2.95. The highest BCUT2D eigenvalue weighted by atomic mass is 19.1. The van der Waals surface area contributed by atoms with Crippen molar-refractivity contribution in [2.75, 3.05) is 0 Å². The van der Waals surface area contributed by atoms with Crippen molar-refractivity contribution in [3.63, 3.8) is 0 Å². The minimum absolute atomic E-state index is 0.141. The molecule has 5 heteroatoms. The molecule has 0 aliphatic carbocycles. The molecule has 22 heavy (non-hydrogen) atoms. The third-order valence-corrected chi connectivity index (χ3v) is 3.53. The summed E-state index contributed by atoms with van der Waals surface area (Å²) in [6, 6.07) is 11.4. The fraction of sp³-hybridized carbons (Fsp3) is 0.0588. The van der Waals surface area contributed by atoms with Gasteiger partial charge in [0.05, 0.1) is 16.9 Å². The first-order valence-corrected chi connectivity index (χ1v) is 6.70. The van der Waals surface area contributed by atoms with Crippen molar-refractivity contribution < 1.29 is 14.3 Å². The Bertz CT molecular complexity index is 841. The van der Waals surface area contributed by atoms with Gasteiger partial charge in [-0.3, -0.25) is 4.98 Å². The van der Waals surface area contributed by atoms with E-state index in [0.717, 1.165) is 5.56 Å². The minimum Gasteiger partial charge on any atom is -0.478 e. The first-order chi connectivity index (χ1) is 10.6. The normalized spacial score (nSPS) is 10.6. The SMILES string of the molecule is Cc1c(C(=O)O)cc(-c2cccnc2)n1-c1ccccc1F. The maximum atomic E-state index is 14.2. The van der Waals surface area contributed by atoms with Crippen molar-refractivity contribution in [2.24, 2.45) is 0 Å². The van der Waals surface area contributed by atoms with Crippen molar-refractivity contribution in [1.29, 1.82) is 0 Å². The molecule has 0 unspecified atom stereocenters. The number of carbonyl (C=O) groups is 1. The smallest absolute Gasteiger partial charge is 0.337 e. The minimum atomic E-state index is -1.04. The predicted octanol–water partition coefficient (Wildman–Crippen LogP) is 3.69. The van der Waals surface area contributed by atoms with Crippen molar-refractivity contribution in [3.05, 3.63) is 71.9 Å². The Morgan fingerprint density at radius 2 is 2.00 bits per heavy atom. The molecule has 0 bridgehead atoms. The zero-order valence-electron chi connectivity index (χ0n) is 11.8. The molecule has 3 rings (SSSR count). The summed E-state index contributed by atoms with van der Waals surface area (Å²) in [5.74, 6) is -1.46. The predicted molar refractivity (Wildman–Crippen MR) is 80.7 cm³/mol. The van der Waals surface area contributed by atoms with Crippen LogP contribution in [0.1, 0.15) is 16.1 Å². The number of benzene rings is 1. The molecule has 1 N–H and O–H groups in total. The van der Waals surface area contributed by atoms with Gasteiger partial charge < -0.3 is 9.67 Å². The Morgan fingerprint density at radius 1 is 1.23 bits per heavy atom. The lowest BCUT2D eigenvalue weighted by molar-refractivity contribution is 0.0696. The summed E-state index contributed by atoms with van der Waals surface area (Å²) in [7, 11) is 0. The van der Waals surface area contributed by atoms with Crippen LogP contribution >= 0.6 is 0 Å². The van der Waals surface area contributed by atoms with E-state index in [1.54, 1.807) is 54.2 Å². The molecule has 0 saturated heterocycles. The summed E-state index contributed by atoms with van der Waals surface area (Å²) in [5, 5.41) is 9.34. The van der Waals surface area contributed by atoms with Gasteiger partial charge in [-0.1, -0.05) is 12.1 Å². The number of carboxylic acid groups (broad SMARTS) is 1. The molecule has 0 atom stereocenters. The van der Waals surface area contributed by atoms with Crippen molar-refractivity contribution in [2.45, 2.75) is 6.92 Å². The number of hydrogen-bond donors (Lipinski definition) is 1. The van der Waals surface area contributed by atoms with Gasteiger partial charge in [-0.2, -0.15) is 0 Å². The van der Waals surface area contributed by atoms with E-state index in [1.165, 1.54) is 6.07 Å². The highest BCUT2D eigenvalue weighted by molar-refractivity contribution is 5.91. The second-order valence-corrected chi connectivity index (χ2v) is 4.86. The largest absolute Gasteiger partial charge is 0.478 e. The van der Waals surface area contributed by atoms with Gasteiger partial charge in [-0.05, 0) is 37.3 Å². The number of carboxylic acids is 1. The molecule has 4 nitrogen and oxygen atoms in total. The van der Waals surface area contributed by atoms with E-state index in [1.807, 2.05) is 6.07 Å². The van der Waals surface area contributed by atoms with Crippen LogP contribution in [-0.2, 0) is 0 Å². The fourth-order valence-electron chi connectivity index (χ4n) is 2.49. The standard InChI is InChI=1S/C17H13FN2O2/c1-11-13(17(21)22)9-16(12-5-4-8-19-10-12)20(11)15-7-3-2-6-14(15)18/h2-10H,1H3,(H,21,22). The fourth-order valence-corrected chi connectivity index (χ4v) is 2.49. The Labute approximate surface area is 126 Å². The number of aromatic carboxylic acids is 1. The van der Waals surface area contributed by atoms with Gasteiger partial charge in [-0.25, -0.2) is 9.18 Å². The summed E-state index contributed by atoms with van der Waals surface area (Å²) in [4.78, 5) is 15.5. The third kappa shape index (κ3) is 2.26. The van der Waals surface area contributed by atoms with Gasteiger partial charge in [0, 0.05) is 23.7 Å². The maximum absolute atomic E-state index is 14.2. The quantitative estimate of drug-likeness (QED) is 0.802. The number of halogens is 1. The first-order valence-electron chi connectivity index (χ1n) is 6.70. The number of nitrogens with zero attached hydrogens (tertiary/aromatic N) is 2. The first kappa shape index (κ1) is 14.0. The van der Waals surface area contributed by atoms with Crippen molar-refractivity contribution in [3.8, 4) is 16.9 Å². The van der Waals surface area contributed by atoms with Crippen LogP contribution in [-0.4, -0.2) is 20.6 Å². The van der Waals surface area contributed by atoms with Crippen LogP contribution in [0.15, 0.2) is 54.9 Å². The Balaban J connectivity index is 2.33. The summed E-state index contributed by atoms with van der Waals surface area (Å²) in [6.07, 6.45) is 3.25. The molecule has 0 radical (unpaired) electrons. The zero-order valence-corrected chi connectivity index (χ0v) is 11.8. The van der Waals surface area contributed by atoms with Gasteiger partial charge in [0.2, 0.25) is 0 Å². The van der Waals surface area contributed by atoms with Gasteiger partial charge in [0.25, 0.3) is 0 Å². The van der Waals surface area contributed by atoms with Crippen molar-refractivity contribution >= 4 is 5.97 Å². The van der Waals surface area contributed by atoms with E-state index >= 15 is 0 Å². The van der Waals surface area contributed by atoms with Crippen LogP contribution in [0.5, 0.6) is 0 Å². The third-order valence-electron chi connectivity index (χ3n) is 3.53. The van der Waals surface area contributed by atoms with Crippen LogP contribution in [0.2, 0.25) is 0 Å². The highest BCUT2D eigenvalue weighted by Gasteiger charge is 2.20. The molecule has 0 aliphatic rings. The Morgan fingerprint density at radius 3 is 2.64 bits per heavy atom. The van der Waals surface area contributed by atoms with Gasteiger partial charge in [-0.15, -0.1) is 0 Å². The van der Waals surface area contributed by atoms with Crippen LogP contribution < -0.4 is 0 Å². The summed E-state index contributed by atoms with van der Waals surface area (Å²) < 4.78 is 15.8. The average Bonchev–Trinajstić information content (AvgIpc) is 2.86. The number of aromatic nitrogens is 2. The average molecular weight is 296 g/mol. The molecule has 0 amide bonds. The number of pyridine rings is 1. The van der Waals surface area contributed by atoms with E-state index in [4.69, 9.17) is 0 Å². The number of hydrogen-bond acceptors (Lipinski definition) is 2. The van der Waals surface area contributed by atoms with Gasteiger partial charge in [0.15, 0.2) is 0 Å². The van der Waals surface area contributed by atoms with Crippen LogP contribution in [0.3, 0.4) is 0 Å². The van der Waals surface area contributed by atoms with Gasteiger partial charge in [0.1, 0.15) is 5.82 Å². The van der Waals surface area contributed by atoms with Crippen LogP contribution in [0.25, 0.3) is 16.9 Å². The highest BCUT2D eigenvalue weighted by Crippen LogP contribution is 2.30. The molecule has 2 heterocycles. The second-order valence-electron chi connectivity index (χ2n) is 4.86. The molecule has 0 fully saturated rings. The Kier molecular flexibility index (Phi) is 3.47. The van der Waals surface area contributed by atoms with Crippen LogP contribution in [0, 0.1) is 12.7 Å². The molecule has 3 aromatic rings. The van der Waals surface area contributed by atoms with E-state index in [0.29, 0.717) is 17.1 Å². The maximum Gasteiger partial charge on any atom is 0.337 e. The molecular weight excluding hydrogens is 283 g/mol. The molecule has 2 aromatic heterocycles. The van der Waals surface area contributed by atoms with E-state index in [2.05, 4.69) is 4.98 Å². The lowest BCUT2D eigenvalue weighted by atomic mass is 10.2. The van der Waals surface area contributed by atoms with E-state index in [-0.39, 0.29) is 5.56 Å². The molecule has 1 aromatic carbocycles. The van der Waals surface area contributed by atoms with Crippen LogP contribution in [0.4, 0.5) is 4.39 Å². The van der Waals surface area contributed by atoms with Gasteiger partial charge >= 0.3 is 5.97 Å². The summed E-state index contributed by atoms with van der Waals surface area (Å²) in [5.41, 5.74) is 2.24. The molecular formula is C17H13FN2O2. The molecule has 0 aliphatic heterocycles. The summed E-state index contributed by atoms with van der Waals surface area (Å²) >= 11 is 0. The molecule has 0 spiro atoms. The topological polar surface area (TPSA) is 55.1 Å². The number of rotatable bonds is 3. The lowest BCUT2D eigenvalue weighted by Crippen LogP contribution is -2.04. The lowest BCUT2D eigenvalue weighted by Gasteiger charge is -2.12. The van der Waals surface area contributed by atoms with Crippen molar-refractivity contribution in [1.82, 2.24) is 9.55 Å². The number of para-hydroxylation sites is 1. The molecule has 110 valence electrons. The second kappa shape index (κ2) is 5.44. The molecule has 0 saturated carbocycles.